The van der Waals surface area contributed by atoms with Crippen LogP contribution in [0.5, 0.6) is 0 Å². The van der Waals surface area contributed by atoms with E-state index in [0.717, 1.165) is 36.7 Å². The first kappa shape index (κ1) is 16.4. The van der Waals surface area contributed by atoms with Gasteiger partial charge in [0.15, 0.2) is 0 Å². The first-order chi connectivity index (χ1) is 9.88. The van der Waals surface area contributed by atoms with Gasteiger partial charge in [0.2, 0.25) is 0 Å². The average molecular weight is 292 g/mol. The van der Waals surface area contributed by atoms with Crippen LogP contribution in [-0.4, -0.2) is 18.0 Å². The van der Waals surface area contributed by atoms with Gasteiger partial charge in [-0.3, -0.25) is 4.90 Å². The van der Waals surface area contributed by atoms with E-state index < -0.39 is 0 Å². The second-order valence-electron chi connectivity index (χ2n) is 7.44. The SMILES string of the molecule is CC(C)(C)C1CCCN(Cc2cc(F)cc(CN)c2)CC1. The summed E-state index contributed by atoms with van der Waals surface area (Å²) in [6.07, 6.45) is 3.78. The molecule has 0 aliphatic carbocycles. The highest BCUT2D eigenvalue weighted by molar-refractivity contribution is 5.24. The van der Waals surface area contributed by atoms with Gasteiger partial charge in [0.25, 0.3) is 0 Å². The third kappa shape index (κ3) is 4.79. The lowest BCUT2D eigenvalue weighted by atomic mass is 9.77. The Morgan fingerprint density at radius 2 is 1.86 bits per heavy atom. The Kier molecular flexibility index (Phi) is 5.39. The minimum absolute atomic E-state index is 0.171. The van der Waals surface area contributed by atoms with Crippen molar-refractivity contribution in [2.45, 2.75) is 53.1 Å². The lowest BCUT2D eigenvalue weighted by Gasteiger charge is -2.29. The first-order valence-corrected chi connectivity index (χ1v) is 8.09. The summed E-state index contributed by atoms with van der Waals surface area (Å²) in [4.78, 5) is 2.46. The van der Waals surface area contributed by atoms with Gasteiger partial charge in [0.05, 0.1) is 0 Å². The number of halogens is 1. The van der Waals surface area contributed by atoms with Crippen molar-refractivity contribution in [1.82, 2.24) is 4.90 Å². The van der Waals surface area contributed by atoms with E-state index in [1.165, 1.54) is 25.3 Å². The molecular weight excluding hydrogens is 263 g/mol. The third-order valence-corrected chi connectivity index (χ3v) is 4.70. The number of hydrogen-bond donors (Lipinski definition) is 1. The molecule has 1 aliphatic heterocycles. The van der Waals surface area contributed by atoms with Crippen molar-refractivity contribution in [2.24, 2.45) is 17.1 Å². The van der Waals surface area contributed by atoms with E-state index in [-0.39, 0.29) is 5.82 Å². The van der Waals surface area contributed by atoms with E-state index in [0.29, 0.717) is 12.0 Å². The maximum absolute atomic E-state index is 13.6. The topological polar surface area (TPSA) is 29.3 Å². The highest BCUT2D eigenvalue weighted by atomic mass is 19.1. The van der Waals surface area contributed by atoms with E-state index in [1.807, 2.05) is 6.07 Å². The predicted octanol–water partition coefficient (Wildman–Crippen LogP) is 3.93. The highest BCUT2D eigenvalue weighted by Gasteiger charge is 2.26. The van der Waals surface area contributed by atoms with Crippen LogP contribution in [0.2, 0.25) is 0 Å². The van der Waals surface area contributed by atoms with Gasteiger partial charge in [0, 0.05) is 13.1 Å². The molecular formula is C18H29FN2. The Balaban J connectivity index is 1.99. The second kappa shape index (κ2) is 6.89. The fraction of sp³-hybridized carbons (Fsp3) is 0.667. The molecule has 1 aliphatic rings. The van der Waals surface area contributed by atoms with Gasteiger partial charge in [-0.1, -0.05) is 26.8 Å². The first-order valence-electron chi connectivity index (χ1n) is 8.09. The Hall–Kier alpha value is -0.930. The molecule has 0 bridgehead atoms. The smallest absolute Gasteiger partial charge is 0.123 e. The standard InChI is InChI=1S/C18H29FN2/c1-18(2,3)16-5-4-7-21(8-6-16)13-15-9-14(12-20)10-17(19)11-15/h9-11,16H,4-8,12-13,20H2,1-3H3. The molecule has 1 fully saturated rings. The lowest BCUT2D eigenvalue weighted by molar-refractivity contribution is 0.206. The van der Waals surface area contributed by atoms with Crippen LogP contribution in [-0.2, 0) is 13.1 Å². The summed E-state index contributed by atoms with van der Waals surface area (Å²) in [5.74, 6) is 0.616. The molecule has 118 valence electrons. The maximum Gasteiger partial charge on any atom is 0.123 e. The maximum atomic E-state index is 13.6. The summed E-state index contributed by atoms with van der Waals surface area (Å²) >= 11 is 0. The van der Waals surface area contributed by atoms with E-state index in [1.54, 1.807) is 6.07 Å². The normalized spacial score (nSPS) is 21.3. The van der Waals surface area contributed by atoms with Crippen molar-refractivity contribution < 1.29 is 4.39 Å². The van der Waals surface area contributed by atoms with Gasteiger partial charge in [-0.25, -0.2) is 4.39 Å². The minimum atomic E-state index is -0.171. The number of likely N-dealkylation sites (tertiary alicyclic amines) is 1. The van der Waals surface area contributed by atoms with Crippen molar-refractivity contribution in [3.63, 3.8) is 0 Å². The van der Waals surface area contributed by atoms with Gasteiger partial charge < -0.3 is 5.73 Å². The lowest BCUT2D eigenvalue weighted by Crippen LogP contribution is -2.26. The summed E-state index contributed by atoms with van der Waals surface area (Å²) in [6.45, 7) is 10.5. The van der Waals surface area contributed by atoms with E-state index in [4.69, 9.17) is 5.73 Å². The van der Waals surface area contributed by atoms with Crippen LogP contribution in [0.1, 0.15) is 51.2 Å². The van der Waals surface area contributed by atoms with Crippen LogP contribution in [0, 0.1) is 17.2 Å². The van der Waals surface area contributed by atoms with E-state index in [2.05, 4.69) is 25.7 Å². The summed E-state index contributed by atoms with van der Waals surface area (Å²) < 4.78 is 13.6. The van der Waals surface area contributed by atoms with Gasteiger partial charge >= 0.3 is 0 Å². The third-order valence-electron chi connectivity index (χ3n) is 4.70. The molecule has 21 heavy (non-hydrogen) atoms. The number of hydrogen-bond acceptors (Lipinski definition) is 2. The predicted molar refractivity (Wildman–Crippen MR) is 86.4 cm³/mol. The zero-order valence-corrected chi connectivity index (χ0v) is 13.7. The van der Waals surface area contributed by atoms with Crippen molar-refractivity contribution in [3.05, 3.63) is 35.1 Å². The molecule has 1 atom stereocenters. The van der Waals surface area contributed by atoms with Crippen LogP contribution in [0.15, 0.2) is 18.2 Å². The van der Waals surface area contributed by atoms with Crippen LogP contribution < -0.4 is 5.73 Å². The Labute approximate surface area is 128 Å². The Morgan fingerprint density at radius 3 is 2.52 bits per heavy atom. The summed E-state index contributed by atoms with van der Waals surface area (Å²) in [5.41, 5.74) is 7.95. The van der Waals surface area contributed by atoms with Crippen LogP contribution in [0.4, 0.5) is 4.39 Å². The summed E-state index contributed by atoms with van der Waals surface area (Å²) in [5, 5.41) is 0. The van der Waals surface area contributed by atoms with E-state index in [9.17, 15) is 4.39 Å². The summed E-state index contributed by atoms with van der Waals surface area (Å²) in [6, 6.07) is 5.21. The molecule has 2 rings (SSSR count). The van der Waals surface area contributed by atoms with Gasteiger partial charge in [-0.05, 0) is 66.9 Å². The average Bonchev–Trinajstić information content (AvgIpc) is 2.63. The molecule has 1 saturated heterocycles. The quantitative estimate of drug-likeness (QED) is 0.914. The molecule has 1 aromatic carbocycles. The van der Waals surface area contributed by atoms with Crippen molar-refractivity contribution >= 4 is 0 Å². The van der Waals surface area contributed by atoms with Gasteiger partial charge in [0.1, 0.15) is 5.82 Å². The zero-order valence-electron chi connectivity index (χ0n) is 13.7. The van der Waals surface area contributed by atoms with Crippen molar-refractivity contribution in [3.8, 4) is 0 Å². The zero-order chi connectivity index (χ0) is 15.5. The van der Waals surface area contributed by atoms with Crippen LogP contribution in [0.3, 0.4) is 0 Å². The fourth-order valence-electron chi connectivity index (χ4n) is 3.36. The van der Waals surface area contributed by atoms with Crippen LogP contribution >= 0.6 is 0 Å². The second-order valence-corrected chi connectivity index (χ2v) is 7.44. The monoisotopic (exact) mass is 292 g/mol. The number of nitrogens with zero attached hydrogens (tertiary/aromatic N) is 1. The molecule has 2 N–H and O–H groups in total. The number of rotatable bonds is 3. The van der Waals surface area contributed by atoms with E-state index >= 15 is 0 Å². The molecule has 3 heteroatoms. The molecule has 1 aromatic rings. The molecule has 2 nitrogen and oxygen atoms in total. The molecule has 0 spiro atoms. The number of benzene rings is 1. The van der Waals surface area contributed by atoms with Gasteiger partial charge in [-0.2, -0.15) is 0 Å². The molecule has 0 saturated carbocycles. The van der Waals surface area contributed by atoms with Gasteiger partial charge in [-0.15, -0.1) is 0 Å². The largest absolute Gasteiger partial charge is 0.326 e. The Morgan fingerprint density at radius 1 is 1.14 bits per heavy atom. The number of nitrogens with two attached hydrogens (primary N) is 1. The Bertz CT molecular complexity index is 465. The van der Waals surface area contributed by atoms with Crippen molar-refractivity contribution in [1.29, 1.82) is 0 Å². The molecule has 0 amide bonds. The van der Waals surface area contributed by atoms with Crippen molar-refractivity contribution in [2.75, 3.05) is 13.1 Å². The minimum Gasteiger partial charge on any atom is -0.326 e. The fourth-order valence-corrected chi connectivity index (χ4v) is 3.36. The highest BCUT2D eigenvalue weighted by Crippen LogP contribution is 2.34. The molecule has 0 radical (unpaired) electrons. The molecule has 1 unspecified atom stereocenters. The summed E-state index contributed by atoms with van der Waals surface area (Å²) in [7, 11) is 0. The molecule has 0 aromatic heterocycles. The van der Waals surface area contributed by atoms with Crippen LogP contribution in [0.25, 0.3) is 0 Å². The molecule has 1 heterocycles.